The number of carbonyl (C=O) groups excluding carboxylic acids is 1. The minimum absolute atomic E-state index is 0.186. The van der Waals surface area contributed by atoms with Gasteiger partial charge in [-0.25, -0.2) is 4.98 Å². The van der Waals surface area contributed by atoms with Gasteiger partial charge in [0.2, 0.25) is 0 Å². The Morgan fingerprint density at radius 3 is 2.70 bits per heavy atom. The number of anilines is 1. The van der Waals surface area contributed by atoms with E-state index in [2.05, 4.69) is 57.2 Å². The molecule has 4 rings (SSSR count). The summed E-state index contributed by atoms with van der Waals surface area (Å²) in [6.07, 6.45) is 0. The maximum Gasteiger partial charge on any atom is 0.257 e. The van der Waals surface area contributed by atoms with E-state index in [4.69, 9.17) is 9.47 Å². The molecule has 0 bridgehead atoms. The highest BCUT2D eigenvalue weighted by atomic mass is 127. The molecule has 1 aromatic heterocycles. The van der Waals surface area contributed by atoms with Gasteiger partial charge in [-0.2, -0.15) is 0 Å². The molecule has 152 valence electrons. The standard InChI is InChI=1S/C23H19IN2O3S/c1-2-28-14-29-19-10-11-20-21(13-19)30-23(25-20)26-22(27)17-5-3-4-16(12-17)15-6-8-18(24)9-7-15/h3-13H,2,14H2,1H3,(H,25,26,27). The highest BCUT2D eigenvalue weighted by Gasteiger charge is 2.12. The van der Waals surface area contributed by atoms with Gasteiger partial charge in [-0.15, -0.1) is 0 Å². The normalized spacial score (nSPS) is 10.9. The van der Waals surface area contributed by atoms with E-state index in [1.54, 1.807) is 6.07 Å². The Morgan fingerprint density at radius 2 is 1.90 bits per heavy atom. The number of hydrogen-bond donors (Lipinski definition) is 1. The molecule has 1 heterocycles. The van der Waals surface area contributed by atoms with Gasteiger partial charge in [0.15, 0.2) is 11.9 Å². The number of halogens is 1. The zero-order valence-electron chi connectivity index (χ0n) is 16.2. The Hall–Kier alpha value is -2.49. The van der Waals surface area contributed by atoms with Crippen molar-refractivity contribution in [1.82, 2.24) is 4.98 Å². The second kappa shape index (κ2) is 9.55. The molecular weight excluding hydrogens is 511 g/mol. The first-order valence-electron chi connectivity index (χ1n) is 9.41. The lowest BCUT2D eigenvalue weighted by molar-refractivity contribution is 0.0225. The number of aromatic nitrogens is 1. The van der Waals surface area contributed by atoms with Gasteiger partial charge in [0, 0.05) is 15.7 Å². The summed E-state index contributed by atoms with van der Waals surface area (Å²) >= 11 is 3.69. The summed E-state index contributed by atoms with van der Waals surface area (Å²) in [6, 6.07) is 21.4. The number of thiazole rings is 1. The number of nitrogens with one attached hydrogen (secondary N) is 1. The number of fused-ring (bicyclic) bond motifs is 1. The quantitative estimate of drug-likeness (QED) is 0.176. The van der Waals surface area contributed by atoms with Gasteiger partial charge in [0.1, 0.15) is 5.75 Å². The highest BCUT2D eigenvalue weighted by molar-refractivity contribution is 14.1. The van der Waals surface area contributed by atoms with Crippen LogP contribution in [0.3, 0.4) is 0 Å². The predicted octanol–water partition coefficient (Wildman–Crippen LogP) is 6.19. The molecular formula is C23H19IN2O3S. The van der Waals surface area contributed by atoms with E-state index in [0.29, 0.717) is 23.1 Å². The van der Waals surface area contributed by atoms with Crippen LogP contribution in [0.4, 0.5) is 5.13 Å². The summed E-state index contributed by atoms with van der Waals surface area (Å²) in [5.41, 5.74) is 3.47. The average molecular weight is 530 g/mol. The van der Waals surface area contributed by atoms with Crippen molar-refractivity contribution in [1.29, 1.82) is 0 Å². The highest BCUT2D eigenvalue weighted by Crippen LogP contribution is 2.30. The molecule has 4 aromatic rings. The molecule has 0 unspecified atom stereocenters. The van der Waals surface area contributed by atoms with Crippen LogP contribution in [0.25, 0.3) is 21.3 Å². The molecule has 1 amide bonds. The number of rotatable bonds is 7. The van der Waals surface area contributed by atoms with Crippen LogP contribution in [-0.4, -0.2) is 24.3 Å². The van der Waals surface area contributed by atoms with E-state index >= 15 is 0 Å². The van der Waals surface area contributed by atoms with Crippen molar-refractivity contribution in [3.05, 3.63) is 75.9 Å². The maximum absolute atomic E-state index is 12.8. The summed E-state index contributed by atoms with van der Waals surface area (Å²) in [4.78, 5) is 17.3. The van der Waals surface area contributed by atoms with Crippen LogP contribution >= 0.6 is 33.9 Å². The molecule has 0 atom stereocenters. The third-order valence-corrected chi connectivity index (χ3v) is 6.05. The fourth-order valence-electron chi connectivity index (χ4n) is 2.89. The van der Waals surface area contributed by atoms with Crippen LogP contribution < -0.4 is 10.1 Å². The van der Waals surface area contributed by atoms with E-state index in [1.807, 2.05) is 43.3 Å². The van der Waals surface area contributed by atoms with Crippen LogP contribution in [0, 0.1) is 3.57 Å². The van der Waals surface area contributed by atoms with E-state index in [-0.39, 0.29) is 12.7 Å². The Labute approximate surface area is 192 Å². The van der Waals surface area contributed by atoms with Crippen LogP contribution in [-0.2, 0) is 4.74 Å². The number of carbonyl (C=O) groups is 1. The Morgan fingerprint density at radius 1 is 1.07 bits per heavy atom. The summed E-state index contributed by atoms with van der Waals surface area (Å²) in [7, 11) is 0. The lowest BCUT2D eigenvalue weighted by Crippen LogP contribution is -2.11. The average Bonchev–Trinajstić information content (AvgIpc) is 3.16. The fraction of sp³-hybridized carbons (Fsp3) is 0.130. The Balaban J connectivity index is 1.50. The SMILES string of the molecule is CCOCOc1ccc2nc(NC(=O)c3cccc(-c4ccc(I)cc4)c3)sc2c1. The van der Waals surface area contributed by atoms with E-state index < -0.39 is 0 Å². The van der Waals surface area contributed by atoms with Gasteiger partial charge in [-0.05, 0) is 83.1 Å². The molecule has 0 aliphatic carbocycles. The largest absolute Gasteiger partial charge is 0.468 e. The topological polar surface area (TPSA) is 60.5 Å². The first-order valence-corrected chi connectivity index (χ1v) is 11.3. The molecule has 0 saturated heterocycles. The van der Waals surface area contributed by atoms with E-state index in [9.17, 15) is 4.79 Å². The van der Waals surface area contributed by atoms with Crippen LogP contribution in [0.5, 0.6) is 5.75 Å². The molecule has 0 fully saturated rings. The third-order valence-electron chi connectivity index (χ3n) is 4.40. The second-order valence-corrected chi connectivity index (χ2v) is 8.72. The molecule has 0 aliphatic heterocycles. The zero-order valence-corrected chi connectivity index (χ0v) is 19.2. The van der Waals surface area contributed by atoms with Crippen molar-refractivity contribution >= 4 is 55.2 Å². The van der Waals surface area contributed by atoms with E-state index in [1.165, 1.54) is 14.9 Å². The number of amides is 1. The molecule has 0 saturated carbocycles. The molecule has 3 aromatic carbocycles. The van der Waals surface area contributed by atoms with Gasteiger partial charge >= 0.3 is 0 Å². The second-order valence-electron chi connectivity index (χ2n) is 6.45. The monoisotopic (exact) mass is 530 g/mol. The maximum atomic E-state index is 12.8. The van der Waals surface area contributed by atoms with Crippen LogP contribution in [0.15, 0.2) is 66.7 Å². The number of hydrogen-bond acceptors (Lipinski definition) is 5. The van der Waals surface area contributed by atoms with Gasteiger partial charge in [-0.1, -0.05) is 35.6 Å². The number of benzene rings is 3. The molecule has 1 N–H and O–H groups in total. The summed E-state index contributed by atoms with van der Waals surface area (Å²) < 4.78 is 12.9. The molecule has 0 spiro atoms. The van der Waals surface area contributed by atoms with Crippen molar-refractivity contribution in [2.75, 3.05) is 18.7 Å². The predicted molar refractivity (Wildman–Crippen MR) is 129 cm³/mol. The van der Waals surface area contributed by atoms with Gasteiger partial charge in [0.05, 0.1) is 10.2 Å². The lowest BCUT2D eigenvalue weighted by Gasteiger charge is -2.06. The van der Waals surface area contributed by atoms with E-state index in [0.717, 1.165) is 21.3 Å². The van der Waals surface area contributed by atoms with Crippen molar-refractivity contribution in [3.63, 3.8) is 0 Å². The number of nitrogens with zero attached hydrogens (tertiary/aromatic N) is 1. The summed E-state index contributed by atoms with van der Waals surface area (Å²) in [6.45, 7) is 2.73. The van der Waals surface area contributed by atoms with Gasteiger partial charge in [0.25, 0.3) is 5.91 Å². The number of ether oxygens (including phenoxy) is 2. The Kier molecular flexibility index (Phi) is 6.61. The van der Waals surface area contributed by atoms with Crippen molar-refractivity contribution in [3.8, 4) is 16.9 Å². The smallest absolute Gasteiger partial charge is 0.257 e. The van der Waals surface area contributed by atoms with Crippen LogP contribution in [0.2, 0.25) is 0 Å². The Bertz CT molecular complexity index is 1170. The first-order chi connectivity index (χ1) is 14.6. The van der Waals surface area contributed by atoms with Crippen LogP contribution in [0.1, 0.15) is 17.3 Å². The molecule has 5 nitrogen and oxygen atoms in total. The molecule has 7 heteroatoms. The van der Waals surface area contributed by atoms with Gasteiger partial charge in [-0.3, -0.25) is 10.1 Å². The molecule has 0 aliphatic rings. The molecule has 0 radical (unpaired) electrons. The third kappa shape index (κ3) is 4.97. The summed E-state index contributed by atoms with van der Waals surface area (Å²) in [5.74, 6) is 0.525. The summed E-state index contributed by atoms with van der Waals surface area (Å²) in [5, 5.41) is 3.46. The van der Waals surface area contributed by atoms with Crippen molar-refractivity contribution < 1.29 is 14.3 Å². The van der Waals surface area contributed by atoms with Crippen molar-refractivity contribution in [2.24, 2.45) is 0 Å². The van der Waals surface area contributed by atoms with Gasteiger partial charge < -0.3 is 9.47 Å². The fourth-order valence-corrected chi connectivity index (χ4v) is 4.14. The van der Waals surface area contributed by atoms with Crippen molar-refractivity contribution in [2.45, 2.75) is 6.92 Å². The minimum Gasteiger partial charge on any atom is -0.468 e. The minimum atomic E-state index is -0.186. The molecule has 30 heavy (non-hydrogen) atoms. The lowest BCUT2D eigenvalue weighted by atomic mass is 10.0. The zero-order chi connectivity index (χ0) is 20.9. The first kappa shape index (κ1) is 20.8.